The van der Waals surface area contributed by atoms with Crippen molar-refractivity contribution in [2.45, 2.75) is 25.9 Å². The van der Waals surface area contributed by atoms with Crippen LogP contribution in [0.15, 0.2) is 84.9 Å². The van der Waals surface area contributed by atoms with Gasteiger partial charge < -0.3 is 9.64 Å². The van der Waals surface area contributed by atoms with Gasteiger partial charge in [-0.15, -0.1) is 0 Å². The van der Waals surface area contributed by atoms with Crippen molar-refractivity contribution < 1.29 is 4.74 Å². The van der Waals surface area contributed by atoms with Crippen LogP contribution in [0.25, 0.3) is 0 Å². The van der Waals surface area contributed by atoms with Crippen molar-refractivity contribution in [3.63, 3.8) is 0 Å². The third-order valence-electron chi connectivity index (χ3n) is 4.77. The van der Waals surface area contributed by atoms with Crippen LogP contribution in [0.1, 0.15) is 37.1 Å². The van der Waals surface area contributed by atoms with E-state index in [2.05, 4.69) is 91.5 Å². The fourth-order valence-corrected chi connectivity index (χ4v) is 3.32. The number of benzene rings is 3. The molecule has 0 bridgehead atoms. The Hall–Kier alpha value is -2.74. The van der Waals surface area contributed by atoms with Gasteiger partial charge in [-0.1, -0.05) is 60.7 Å². The number of nitrogens with zero attached hydrogens (tertiary/aromatic N) is 1. The van der Waals surface area contributed by atoms with E-state index >= 15 is 0 Å². The van der Waals surface area contributed by atoms with Crippen LogP contribution in [-0.2, 0) is 0 Å². The van der Waals surface area contributed by atoms with Gasteiger partial charge in [-0.2, -0.15) is 0 Å². The second kappa shape index (κ2) is 7.89. The van der Waals surface area contributed by atoms with E-state index < -0.39 is 0 Å². The minimum atomic E-state index is 0.254. The predicted molar refractivity (Wildman–Crippen MR) is 105 cm³/mol. The SMILES string of the molecule is COc1ccc(N(C(C)c2ccccc2)C(C)c2ccccc2)cc1. The van der Waals surface area contributed by atoms with Crippen molar-refractivity contribution in [2.75, 3.05) is 12.0 Å². The van der Waals surface area contributed by atoms with Crippen molar-refractivity contribution in [3.8, 4) is 5.75 Å². The van der Waals surface area contributed by atoms with Crippen LogP contribution < -0.4 is 9.64 Å². The largest absolute Gasteiger partial charge is 0.497 e. The summed E-state index contributed by atoms with van der Waals surface area (Å²) in [6.07, 6.45) is 0. The lowest BCUT2D eigenvalue weighted by Crippen LogP contribution is -2.30. The van der Waals surface area contributed by atoms with E-state index in [1.807, 2.05) is 12.1 Å². The zero-order chi connectivity index (χ0) is 17.6. The molecule has 0 fully saturated rings. The summed E-state index contributed by atoms with van der Waals surface area (Å²) in [4.78, 5) is 2.46. The van der Waals surface area contributed by atoms with Crippen molar-refractivity contribution in [1.82, 2.24) is 0 Å². The Morgan fingerprint density at radius 2 is 1.08 bits per heavy atom. The van der Waals surface area contributed by atoms with Crippen molar-refractivity contribution in [3.05, 3.63) is 96.1 Å². The number of rotatable bonds is 6. The summed E-state index contributed by atoms with van der Waals surface area (Å²) in [6.45, 7) is 4.53. The van der Waals surface area contributed by atoms with Gasteiger partial charge in [0, 0.05) is 5.69 Å². The molecule has 128 valence electrons. The Kier molecular flexibility index (Phi) is 5.39. The molecule has 0 heterocycles. The molecule has 2 atom stereocenters. The van der Waals surface area contributed by atoms with Gasteiger partial charge in [0.2, 0.25) is 0 Å². The first-order valence-corrected chi connectivity index (χ1v) is 8.73. The number of anilines is 1. The second-order valence-corrected chi connectivity index (χ2v) is 6.28. The normalized spacial score (nSPS) is 13.1. The summed E-state index contributed by atoms with van der Waals surface area (Å²) in [5.74, 6) is 0.878. The highest BCUT2D eigenvalue weighted by molar-refractivity contribution is 5.53. The molecule has 25 heavy (non-hydrogen) atoms. The van der Waals surface area contributed by atoms with Gasteiger partial charge in [0.15, 0.2) is 0 Å². The Balaban J connectivity index is 2.01. The Morgan fingerprint density at radius 3 is 1.48 bits per heavy atom. The first-order chi connectivity index (χ1) is 12.2. The van der Waals surface area contributed by atoms with Crippen LogP contribution in [0.2, 0.25) is 0 Å². The van der Waals surface area contributed by atoms with Gasteiger partial charge in [-0.3, -0.25) is 0 Å². The first kappa shape index (κ1) is 17.1. The molecule has 0 spiro atoms. The van der Waals surface area contributed by atoms with E-state index in [1.54, 1.807) is 7.11 Å². The molecule has 0 N–H and O–H groups in total. The maximum absolute atomic E-state index is 5.32. The number of hydrogen-bond acceptors (Lipinski definition) is 2. The molecule has 0 aliphatic heterocycles. The molecule has 2 unspecified atom stereocenters. The van der Waals surface area contributed by atoms with Crippen LogP contribution in [0.5, 0.6) is 5.75 Å². The maximum Gasteiger partial charge on any atom is 0.119 e. The van der Waals surface area contributed by atoms with E-state index in [9.17, 15) is 0 Å². The third kappa shape index (κ3) is 3.85. The van der Waals surface area contributed by atoms with E-state index in [1.165, 1.54) is 16.8 Å². The minimum Gasteiger partial charge on any atom is -0.497 e. The van der Waals surface area contributed by atoms with E-state index in [0.717, 1.165) is 5.75 Å². The topological polar surface area (TPSA) is 12.5 Å². The highest BCUT2D eigenvalue weighted by atomic mass is 16.5. The molecule has 0 aromatic heterocycles. The highest BCUT2D eigenvalue weighted by Crippen LogP contribution is 2.36. The van der Waals surface area contributed by atoms with Gasteiger partial charge in [0.25, 0.3) is 0 Å². The van der Waals surface area contributed by atoms with E-state index in [0.29, 0.717) is 0 Å². The summed E-state index contributed by atoms with van der Waals surface area (Å²) < 4.78 is 5.32. The predicted octanol–water partition coefficient (Wildman–Crippen LogP) is 6.02. The Labute approximate surface area is 150 Å². The molecule has 0 saturated carbocycles. The monoisotopic (exact) mass is 331 g/mol. The van der Waals surface area contributed by atoms with Gasteiger partial charge in [0.1, 0.15) is 5.75 Å². The molecule has 2 heteroatoms. The zero-order valence-electron chi connectivity index (χ0n) is 15.1. The molecular formula is C23H25NO. The standard InChI is InChI=1S/C23H25NO/c1-18(20-10-6-4-7-11-20)24(19(2)21-12-8-5-9-13-21)22-14-16-23(25-3)17-15-22/h4-19H,1-3H3. The third-order valence-corrected chi connectivity index (χ3v) is 4.77. The summed E-state index contributed by atoms with van der Waals surface area (Å²) in [5.41, 5.74) is 3.80. The average Bonchev–Trinajstić information content (AvgIpc) is 2.70. The molecule has 3 rings (SSSR count). The maximum atomic E-state index is 5.32. The number of methoxy groups -OCH3 is 1. The molecule has 0 aliphatic carbocycles. The van der Waals surface area contributed by atoms with Crippen LogP contribution in [0.3, 0.4) is 0 Å². The van der Waals surface area contributed by atoms with Gasteiger partial charge >= 0.3 is 0 Å². The summed E-state index contributed by atoms with van der Waals surface area (Å²) in [7, 11) is 1.70. The fourth-order valence-electron chi connectivity index (χ4n) is 3.32. The lowest BCUT2D eigenvalue weighted by Gasteiger charge is -2.37. The molecule has 3 aromatic carbocycles. The molecule has 0 aliphatic rings. The summed E-state index contributed by atoms with van der Waals surface area (Å²) in [6, 6.07) is 30.1. The molecule has 0 amide bonds. The van der Waals surface area contributed by atoms with Gasteiger partial charge in [-0.05, 0) is 49.2 Å². The van der Waals surface area contributed by atoms with Crippen LogP contribution in [0.4, 0.5) is 5.69 Å². The average molecular weight is 331 g/mol. The molecule has 2 nitrogen and oxygen atoms in total. The van der Waals surface area contributed by atoms with Crippen molar-refractivity contribution in [2.24, 2.45) is 0 Å². The molecule has 0 radical (unpaired) electrons. The lowest BCUT2D eigenvalue weighted by molar-refractivity contribution is 0.414. The summed E-state index contributed by atoms with van der Waals surface area (Å²) >= 11 is 0. The first-order valence-electron chi connectivity index (χ1n) is 8.73. The van der Waals surface area contributed by atoms with Gasteiger partial charge in [0.05, 0.1) is 19.2 Å². The Morgan fingerprint density at radius 1 is 0.640 bits per heavy atom. The van der Waals surface area contributed by atoms with Crippen LogP contribution in [-0.4, -0.2) is 7.11 Å². The summed E-state index contributed by atoms with van der Waals surface area (Å²) in [5, 5.41) is 0. The highest BCUT2D eigenvalue weighted by Gasteiger charge is 2.23. The quantitative estimate of drug-likeness (QED) is 0.547. The van der Waals surface area contributed by atoms with E-state index in [4.69, 9.17) is 4.74 Å². The number of hydrogen-bond donors (Lipinski definition) is 0. The lowest BCUT2D eigenvalue weighted by atomic mass is 10.00. The second-order valence-electron chi connectivity index (χ2n) is 6.28. The molecule has 3 aromatic rings. The fraction of sp³-hybridized carbons (Fsp3) is 0.217. The minimum absolute atomic E-state index is 0.254. The van der Waals surface area contributed by atoms with E-state index in [-0.39, 0.29) is 12.1 Å². The molecular weight excluding hydrogens is 306 g/mol. The zero-order valence-corrected chi connectivity index (χ0v) is 15.1. The van der Waals surface area contributed by atoms with Crippen LogP contribution in [0, 0.1) is 0 Å². The van der Waals surface area contributed by atoms with Crippen LogP contribution >= 0.6 is 0 Å². The number of ether oxygens (including phenoxy) is 1. The Bertz CT molecular complexity index is 723. The van der Waals surface area contributed by atoms with Gasteiger partial charge in [-0.25, -0.2) is 0 Å². The molecule has 0 saturated heterocycles. The van der Waals surface area contributed by atoms with Crippen molar-refractivity contribution >= 4 is 5.69 Å². The smallest absolute Gasteiger partial charge is 0.119 e. The van der Waals surface area contributed by atoms with Crippen molar-refractivity contribution in [1.29, 1.82) is 0 Å².